The summed E-state index contributed by atoms with van der Waals surface area (Å²) < 4.78 is 7.09. The van der Waals surface area contributed by atoms with Crippen LogP contribution in [0.5, 0.6) is 5.75 Å². The van der Waals surface area contributed by atoms with Crippen molar-refractivity contribution in [2.24, 2.45) is 11.1 Å². The van der Waals surface area contributed by atoms with Crippen LogP contribution in [0.1, 0.15) is 54.9 Å². The third-order valence-corrected chi connectivity index (χ3v) is 8.45. The van der Waals surface area contributed by atoms with Crippen LogP contribution in [0.15, 0.2) is 87.8 Å². The lowest BCUT2D eigenvalue weighted by Crippen LogP contribution is -2.42. The van der Waals surface area contributed by atoms with E-state index in [1.54, 1.807) is 6.07 Å². The molecule has 7 heteroatoms. The van der Waals surface area contributed by atoms with E-state index in [9.17, 15) is 10.1 Å². The number of carbonyl (C=O) groups excluding carboxylic acids is 1. The molecule has 0 saturated carbocycles. The van der Waals surface area contributed by atoms with Crippen LogP contribution in [0, 0.1) is 30.6 Å². The van der Waals surface area contributed by atoms with E-state index < -0.39 is 5.92 Å². The Hall–Kier alpha value is -3.53. The van der Waals surface area contributed by atoms with Crippen molar-refractivity contribution in [3.05, 3.63) is 115 Å². The molecule has 1 unspecified atom stereocenters. The number of rotatable bonds is 5. The fourth-order valence-electron chi connectivity index (χ4n) is 5.80. The number of hydrogen-bond donors (Lipinski definition) is 1. The van der Waals surface area contributed by atoms with E-state index in [0.717, 1.165) is 43.9 Å². The molecule has 2 aliphatic rings. The summed E-state index contributed by atoms with van der Waals surface area (Å²) in [6.45, 7) is 8.61. The van der Waals surface area contributed by atoms with Gasteiger partial charge in [-0.25, -0.2) is 0 Å². The Morgan fingerprint density at radius 3 is 2.50 bits per heavy atom. The molecule has 0 fully saturated rings. The standard InChI is InChI=1S/C33H31BrClN3O2/c1-19-12-20(2)26(13-21(19)18-40-25-10-8-22(34)9-11-25)30-27(17-36)32(37)38(24-7-5-6-23(35)14-24)28-15-33(3,4)16-29(39)31(28)30/h5-14,30H,15-16,18,37H2,1-4H3. The summed E-state index contributed by atoms with van der Waals surface area (Å²) in [4.78, 5) is 15.8. The molecule has 3 aromatic carbocycles. The van der Waals surface area contributed by atoms with Crippen LogP contribution in [-0.4, -0.2) is 5.78 Å². The number of carbonyl (C=O) groups is 1. The van der Waals surface area contributed by atoms with Crippen LogP contribution in [-0.2, 0) is 11.4 Å². The van der Waals surface area contributed by atoms with Gasteiger partial charge in [0.15, 0.2) is 5.78 Å². The second kappa shape index (κ2) is 10.8. The highest BCUT2D eigenvalue weighted by Crippen LogP contribution is 2.51. The number of aryl methyl sites for hydroxylation is 2. The minimum absolute atomic E-state index is 0.0381. The van der Waals surface area contributed by atoms with Gasteiger partial charge in [-0.2, -0.15) is 5.26 Å². The molecule has 40 heavy (non-hydrogen) atoms. The van der Waals surface area contributed by atoms with E-state index in [4.69, 9.17) is 22.1 Å². The van der Waals surface area contributed by atoms with Crippen molar-refractivity contribution < 1.29 is 9.53 Å². The quantitative estimate of drug-likeness (QED) is 0.312. The Labute approximate surface area is 249 Å². The van der Waals surface area contributed by atoms with Gasteiger partial charge < -0.3 is 10.5 Å². The van der Waals surface area contributed by atoms with Crippen molar-refractivity contribution in [3.8, 4) is 11.8 Å². The summed E-state index contributed by atoms with van der Waals surface area (Å²) in [5, 5.41) is 11.0. The molecule has 0 saturated heterocycles. The van der Waals surface area contributed by atoms with Gasteiger partial charge in [0.25, 0.3) is 0 Å². The largest absolute Gasteiger partial charge is 0.489 e. The van der Waals surface area contributed by atoms with Crippen molar-refractivity contribution in [1.29, 1.82) is 5.26 Å². The number of nitriles is 1. The van der Waals surface area contributed by atoms with Gasteiger partial charge in [-0.3, -0.25) is 9.69 Å². The lowest BCUT2D eigenvalue weighted by atomic mass is 9.68. The van der Waals surface area contributed by atoms with Crippen molar-refractivity contribution in [3.63, 3.8) is 0 Å². The normalized spacial score (nSPS) is 18.5. The van der Waals surface area contributed by atoms with Gasteiger partial charge in [-0.05, 0) is 90.4 Å². The maximum absolute atomic E-state index is 13.9. The van der Waals surface area contributed by atoms with Crippen molar-refractivity contribution in [2.75, 3.05) is 4.90 Å². The fourth-order valence-corrected chi connectivity index (χ4v) is 6.25. The van der Waals surface area contributed by atoms with Crippen LogP contribution >= 0.6 is 27.5 Å². The number of allylic oxidation sites excluding steroid dienone is 3. The van der Waals surface area contributed by atoms with Crippen LogP contribution in [0.3, 0.4) is 0 Å². The second-order valence-corrected chi connectivity index (χ2v) is 12.7. The maximum atomic E-state index is 13.9. The molecule has 1 heterocycles. The summed E-state index contributed by atoms with van der Waals surface area (Å²) in [5.74, 6) is 0.560. The van der Waals surface area contributed by atoms with Crippen LogP contribution in [0.2, 0.25) is 5.02 Å². The van der Waals surface area contributed by atoms with Gasteiger partial charge in [0.05, 0.1) is 17.6 Å². The van der Waals surface area contributed by atoms with Gasteiger partial charge in [0.1, 0.15) is 18.2 Å². The average molecular weight is 617 g/mol. The summed E-state index contributed by atoms with van der Waals surface area (Å²) in [5.41, 5.74) is 13.1. The number of Topliss-reactive ketones (excluding diaryl/α,β-unsaturated/α-hetero) is 1. The molecule has 5 rings (SSSR count). The van der Waals surface area contributed by atoms with Crippen molar-refractivity contribution >= 4 is 39.0 Å². The molecule has 5 nitrogen and oxygen atoms in total. The third kappa shape index (κ3) is 5.29. The van der Waals surface area contributed by atoms with Crippen LogP contribution < -0.4 is 15.4 Å². The SMILES string of the molecule is Cc1cc(C)c(C2C(C#N)=C(N)N(c3cccc(Cl)c3)C3=C2C(=O)CC(C)(C)C3)cc1COc1ccc(Br)cc1. The molecule has 0 spiro atoms. The Balaban J connectivity index is 1.66. The average Bonchev–Trinajstić information content (AvgIpc) is 2.88. The van der Waals surface area contributed by atoms with E-state index in [-0.39, 0.29) is 11.2 Å². The predicted molar refractivity (Wildman–Crippen MR) is 163 cm³/mol. The first-order valence-corrected chi connectivity index (χ1v) is 14.4. The summed E-state index contributed by atoms with van der Waals surface area (Å²) in [6, 6.07) is 21.6. The molecule has 204 valence electrons. The third-order valence-electron chi connectivity index (χ3n) is 7.69. The first-order chi connectivity index (χ1) is 19.0. The van der Waals surface area contributed by atoms with E-state index in [2.05, 4.69) is 48.0 Å². The lowest BCUT2D eigenvalue weighted by molar-refractivity contribution is -0.118. The Kier molecular flexibility index (Phi) is 7.56. The van der Waals surface area contributed by atoms with Gasteiger partial charge in [-0.15, -0.1) is 0 Å². The molecular formula is C33H31BrClN3O2. The first-order valence-electron chi connectivity index (χ1n) is 13.2. The Morgan fingerprint density at radius 1 is 1.10 bits per heavy atom. The van der Waals surface area contributed by atoms with Crippen molar-refractivity contribution in [2.45, 2.75) is 53.1 Å². The topological polar surface area (TPSA) is 79.4 Å². The number of anilines is 1. The number of ether oxygens (including phenoxy) is 1. The van der Waals surface area contributed by atoms with E-state index in [1.807, 2.05) is 61.2 Å². The number of ketones is 1. The number of hydrogen-bond acceptors (Lipinski definition) is 5. The zero-order chi connectivity index (χ0) is 28.8. The smallest absolute Gasteiger partial charge is 0.162 e. The Morgan fingerprint density at radius 2 is 1.82 bits per heavy atom. The molecule has 0 bridgehead atoms. The summed E-state index contributed by atoms with van der Waals surface area (Å²) in [6.07, 6.45) is 1.04. The number of halogens is 2. The van der Waals surface area contributed by atoms with Gasteiger partial charge in [-0.1, -0.05) is 59.6 Å². The highest BCUT2D eigenvalue weighted by atomic mass is 79.9. The molecule has 1 atom stereocenters. The molecule has 1 aliphatic carbocycles. The number of benzene rings is 3. The fraction of sp³-hybridized carbons (Fsp3) is 0.273. The van der Waals surface area contributed by atoms with E-state index >= 15 is 0 Å². The van der Waals surface area contributed by atoms with Crippen LogP contribution in [0.25, 0.3) is 0 Å². The Bertz CT molecular complexity index is 1620. The lowest BCUT2D eigenvalue weighted by Gasteiger charge is -2.44. The molecule has 0 radical (unpaired) electrons. The minimum atomic E-state index is -0.564. The maximum Gasteiger partial charge on any atom is 0.162 e. The predicted octanol–water partition coefficient (Wildman–Crippen LogP) is 8.24. The molecule has 1 aliphatic heterocycles. The highest BCUT2D eigenvalue weighted by Gasteiger charge is 2.45. The minimum Gasteiger partial charge on any atom is -0.489 e. The zero-order valence-corrected chi connectivity index (χ0v) is 25.4. The van der Waals surface area contributed by atoms with Crippen molar-refractivity contribution in [1.82, 2.24) is 0 Å². The summed E-state index contributed by atoms with van der Waals surface area (Å²) >= 11 is 9.81. The van der Waals surface area contributed by atoms with Crippen LogP contribution in [0.4, 0.5) is 5.69 Å². The number of nitrogens with zero attached hydrogens (tertiary/aromatic N) is 2. The summed E-state index contributed by atoms with van der Waals surface area (Å²) in [7, 11) is 0. The van der Waals surface area contributed by atoms with Gasteiger partial charge in [0.2, 0.25) is 0 Å². The van der Waals surface area contributed by atoms with Gasteiger partial charge in [0, 0.05) is 32.9 Å². The molecule has 2 N–H and O–H groups in total. The molecular weight excluding hydrogens is 586 g/mol. The van der Waals surface area contributed by atoms with E-state index in [0.29, 0.717) is 41.4 Å². The second-order valence-electron chi connectivity index (χ2n) is 11.3. The van der Waals surface area contributed by atoms with Gasteiger partial charge >= 0.3 is 0 Å². The molecule has 0 aromatic heterocycles. The zero-order valence-electron chi connectivity index (χ0n) is 23.0. The van der Waals surface area contributed by atoms with E-state index in [1.165, 1.54) is 0 Å². The highest BCUT2D eigenvalue weighted by molar-refractivity contribution is 9.10. The molecule has 3 aromatic rings. The molecule has 0 amide bonds. The number of nitrogens with two attached hydrogens (primary N) is 1. The monoisotopic (exact) mass is 615 g/mol. The first kappa shape index (κ1) is 28.0.